The number of aryl methyl sites for hydroxylation is 1. The van der Waals surface area contributed by atoms with E-state index in [4.69, 9.17) is 5.11 Å². The first-order chi connectivity index (χ1) is 9.00. The van der Waals surface area contributed by atoms with Crippen LogP contribution in [0.4, 0.5) is 5.69 Å². The highest BCUT2D eigenvalue weighted by atomic mass is 16.4. The highest BCUT2D eigenvalue weighted by molar-refractivity contribution is 5.89. The molecule has 0 amide bonds. The number of benzene rings is 1. The average Bonchev–Trinajstić information content (AvgIpc) is 2.37. The van der Waals surface area contributed by atoms with Crippen molar-refractivity contribution in [2.75, 3.05) is 11.9 Å². The normalized spacial score (nSPS) is 18.0. The lowest BCUT2D eigenvalue weighted by atomic mass is 9.85. The highest BCUT2D eigenvalue weighted by Gasteiger charge is 2.28. The molecule has 0 aromatic heterocycles. The molecule has 1 fully saturated rings. The smallest absolute Gasteiger partial charge is 0.335 e. The Labute approximate surface area is 113 Å². The molecule has 0 saturated heterocycles. The molecule has 0 unspecified atom stereocenters. The van der Waals surface area contributed by atoms with Gasteiger partial charge in [0, 0.05) is 12.2 Å². The fourth-order valence-corrected chi connectivity index (χ4v) is 2.67. The Hall–Kier alpha value is -1.55. The summed E-state index contributed by atoms with van der Waals surface area (Å²) >= 11 is 0. The second kappa shape index (κ2) is 5.61. The summed E-state index contributed by atoms with van der Waals surface area (Å²) in [5, 5.41) is 22.6. The molecule has 0 atom stereocenters. The summed E-state index contributed by atoms with van der Waals surface area (Å²) in [6.07, 6.45) is 5.04. The van der Waals surface area contributed by atoms with Crippen LogP contribution in [0.3, 0.4) is 0 Å². The number of rotatable bonds is 4. The standard InChI is InChI=1S/C15H21NO3/c1-11-9-12(5-6-13(11)14(17)18)16-10-15(19)7-3-2-4-8-15/h5-6,9,16,19H,2-4,7-8,10H2,1H3,(H,17,18). The zero-order chi connectivity index (χ0) is 13.9. The first-order valence-corrected chi connectivity index (χ1v) is 6.80. The van der Waals surface area contributed by atoms with E-state index in [1.165, 1.54) is 6.42 Å². The van der Waals surface area contributed by atoms with E-state index in [-0.39, 0.29) is 0 Å². The van der Waals surface area contributed by atoms with E-state index >= 15 is 0 Å². The Morgan fingerprint density at radius 1 is 1.32 bits per heavy atom. The summed E-state index contributed by atoms with van der Waals surface area (Å²) in [4.78, 5) is 10.9. The number of aromatic carboxylic acids is 1. The van der Waals surface area contributed by atoms with Gasteiger partial charge in [-0.3, -0.25) is 0 Å². The van der Waals surface area contributed by atoms with Crippen LogP contribution in [0.5, 0.6) is 0 Å². The molecule has 1 aromatic carbocycles. The van der Waals surface area contributed by atoms with Crippen molar-refractivity contribution >= 4 is 11.7 Å². The number of carboxylic acid groups (broad SMARTS) is 1. The van der Waals surface area contributed by atoms with E-state index in [0.717, 1.165) is 36.9 Å². The van der Waals surface area contributed by atoms with Gasteiger partial charge in [-0.2, -0.15) is 0 Å². The number of anilines is 1. The third kappa shape index (κ3) is 3.47. The molecule has 0 radical (unpaired) electrons. The molecule has 0 aliphatic heterocycles. The van der Waals surface area contributed by atoms with Crippen molar-refractivity contribution in [1.82, 2.24) is 0 Å². The minimum Gasteiger partial charge on any atom is -0.478 e. The minimum absolute atomic E-state index is 0.321. The van der Waals surface area contributed by atoms with E-state index < -0.39 is 11.6 Å². The van der Waals surface area contributed by atoms with Gasteiger partial charge >= 0.3 is 5.97 Å². The zero-order valence-electron chi connectivity index (χ0n) is 11.3. The van der Waals surface area contributed by atoms with Crippen molar-refractivity contribution in [3.63, 3.8) is 0 Å². The summed E-state index contributed by atoms with van der Waals surface area (Å²) < 4.78 is 0. The van der Waals surface area contributed by atoms with Crippen molar-refractivity contribution in [1.29, 1.82) is 0 Å². The topological polar surface area (TPSA) is 69.6 Å². The van der Waals surface area contributed by atoms with Gasteiger partial charge in [0.2, 0.25) is 0 Å². The molecule has 4 heteroatoms. The van der Waals surface area contributed by atoms with Crippen molar-refractivity contribution in [3.05, 3.63) is 29.3 Å². The Morgan fingerprint density at radius 2 is 2.00 bits per heavy atom. The lowest BCUT2D eigenvalue weighted by Crippen LogP contribution is -2.38. The lowest BCUT2D eigenvalue weighted by molar-refractivity contribution is 0.0167. The fourth-order valence-electron chi connectivity index (χ4n) is 2.67. The van der Waals surface area contributed by atoms with Crippen molar-refractivity contribution in [2.24, 2.45) is 0 Å². The molecular formula is C15H21NO3. The van der Waals surface area contributed by atoms with Crippen LogP contribution < -0.4 is 5.32 Å². The van der Waals surface area contributed by atoms with Crippen molar-refractivity contribution < 1.29 is 15.0 Å². The van der Waals surface area contributed by atoms with Crippen LogP contribution in [0.2, 0.25) is 0 Å². The second-order valence-corrected chi connectivity index (χ2v) is 5.47. The molecule has 0 bridgehead atoms. The molecule has 0 spiro atoms. The molecule has 4 nitrogen and oxygen atoms in total. The molecule has 104 valence electrons. The van der Waals surface area contributed by atoms with Crippen LogP contribution in [0.15, 0.2) is 18.2 Å². The Balaban J connectivity index is 2.00. The second-order valence-electron chi connectivity index (χ2n) is 5.47. The van der Waals surface area contributed by atoms with E-state index in [2.05, 4.69) is 5.32 Å². The van der Waals surface area contributed by atoms with E-state index in [1.54, 1.807) is 19.1 Å². The van der Waals surface area contributed by atoms with Crippen LogP contribution in [-0.4, -0.2) is 28.3 Å². The number of hydrogen-bond acceptors (Lipinski definition) is 3. The monoisotopic (exact) mass is 263 g/mol. The maximum absolute atomic E-state index is 10.9. The quantitative estimate of drug-likeness (QED) is 0.781. The fraction of sp³-hybridized carbons (Fsp3) is 0.533. The largest absolute Gasteiger partial charge is 0.478 e. The SMILES string of the molecule is Cc1cc(NCC2(O)CCCCC2)ccc1C(=O)O. The van der Waals surface area contributed by atoms with Gasteiger partial charge in [0.05, 0.1) is 11.2 Å². The zero-order valence-corrected chi connectivity index (χ0v) is 11.3. The molecule has 1 aliphatic carbocycles. The van der Waals surface area contributed by atoms with Gasteiger partial charge in [-0.05, 0) is 43.5 Å². The predicted molar refractivity (Wildman–Crippen MR) is 74.7 cm³/mol. The van der Waals surface area contributed by atoms with E-state index in [0.29, 0.717) is 12.1 Å². The van der Waals surface area contributed by atoms with Crippen LogP contribution in [0.25, 0.3) is 0 Å². The van der Waals surface area contributed by atoms with Crippen molar-refractivity contribution in [2.45, 2.75) is 44.6 Å². The number of carbonyl (C=O) groups is 1. The highest BCUT2D eigenvalue weighted by Crippen LogP contribution is 2.28. The van der Waals surface area contributed by atoms with E-state index in [9.17, 15) is 9.90 Å². The Bertz CT molecular complexity index is 464. The third-order valence-corrected chi connectivity index (χ3v) is 3.86. The molecule has 19 heavy (non-hydrogen) atoms. The van der Waals surface area contributed by atoms with Gasteiger partial charge < -0.3 is 15.5 Å². The van der Waals surface area contributed by atoms with Gasteiger partial charge in [-0.25, -0.2) is 4.79 Å². The molecular weight excluding hydrogens is 242 g/mol. The predicted octanol–water partition coefficient (Wildman–Crippen LogP) is 2.80. The van der Waals surface area contributed by atoms with Crippen LogP contribution in [0.1, 0.15) is 48.0 Å². The molecule has 2 rings (SSSR count). The third-order valence-electron chi connectivity index (χ3n) is 3.86. The van der Waals surface area contributed by atoms with Gasteiger partial charge in [0.1, 0.15) is 0 Å². The van der Waals surface area contributed by atoms with Crippen LogP contribution in [-0.2, 0) is 0 Å². The molecule has 0 heterocycles. The summed E-state index contributed by atoms with van der Waals surface area (Å²) in [5.41, 5.74) is 1.30. The number of nitrogens with one attached hydrogen (secondary N) is 1. The average molecular weight is 263 g/mol. The number of carboxylic acids is 1. The maximum Gasteiger partial charge on any atom is 0.335 e. The summed E-state index contributed by atoms with van der Waals surface area (Å²) in [6, 6.07) is 5.17. The van der Waals surface area contributed by atoms with Crippen LogP contribution in [0, 0.1) is 6.92 Å². The molecule has 1 saturated carbocycles. The molecule has 3 N–H and O–H groups in total. The summed E-state index contributed by atoms with van der Waals surface area (Å²) in [7, 11) is 0. The first-order valence-electron chi connectivity index (χ1n) is 6.80. The van der Waals surface area contributed by atoms with Gasteiger partial charge in [-0.1, -0.05) is 19.3 Å². The summed E-state index contributed by atoms with van der Waals surface area (Å²) in [5.74, 6) is -0.907. The lowest BCUT2D eigenvalue weighted by Gasteiger charge is -2.32. The van der Waals surface area contributed by atoms with E-state index in [1.807, 2.05) is 6.07 Å². The number of aliphatic hydroxyl groups is 1. The van der Waals surface area contributed by atoms with Gasteiger partial charge in [0.15, 0.2) is 0 Å². The Morgan fingerprint density at radius 3 is 2.58 bits per heavy atom. The van der Waals surface area contributed by atoms with Gasteiger partial charge in [0.25, 0.3) is 0 Å². The van der Waals surface area contributed by atoms with Crippen LogP contribution >= 0.6 is 0 Å². The molecule has 1 aliphatic rings. The minimum atomic E-state index is -0.907. The maximum atomic E-state index is 10.9. The molecule has 1 aromatic rings. The van der Waals surface area contributed by atoms with Gasteiger partial charge in [-0.15, -0.1) is 0 Å². The first kappa shape index (κ1) is 13.9. The summed E-state index contributed by atoms with van der Waals surface area (Å²) in [6.45, 7) is 2.31. The van der Waals surface area contributed by atoms with Crippen molar-refractivity contribution in [3.8, 4) is 0 Å². The number of hydrogen-bond donors (Lipinski definition) is 3. The Kier molecular flexibility index (Phi) is 4.10.